The number of rotatable bonds is 9. The molecule has 0 aliphatic rings. The van der Waals surface area contributed by atoms with E-state index in [0.717, 1.165) is 19.4 Å². The van der Waals surface area contributed by atoms with E-state index in [0.29, 0.717) is 11.5 Å². The third kappa shape index (κ3) is 8.84. The number of benzene rings is 1. The molecule has 0 aliphatic carbocycles. The van der Waals surface area contributed by atoms with E-state index in [1.54, 1.807) is 14.0 Å². The molecule has 26 heavy (non-hydrogen) atoms. The number of hydrogen-bond donors (Lipinski definition) is 2. The highest BCUT2D eigenvalue weighted by Crippen LogP contribution is 2.14. The van der Waals surface area contributed by atoms with Gasteiger partial charge in [0.2, 0.25) is 10.0 Å². The summed E-state index contributed by atoms with van der Waals surface area (Å²) in [5.41, 5.74) is 0.682. The number of nitrogens with one attached hydrogen (secondary N) is 2. The number of aliphatic imine (C=N–C) groups is 1. The Balaban J connectivity index is 0.00000625. The van der Waals surface area contributed by atoms with Gasteiger partial charge in [-0.2, -0.15) is 0 Å². The van der Waals surface area contributed by atoms with Gasteiger partial charge in [-0.15, -0.1) is 30.6 Å². The van der Waals surface area contributed by atoms with Gasteiger partial charge in [-0.1, -0.05) is 12.1 Å². The molecule has 9 heteroatoms. The second-order valence-corrected chi connectivity index (χ2v) is 7.55. The van der Waals surface area contributed by atoms with Crippen molar-refractivity contribution in [2.24, 2.45) is 4.99 Å². The maximum absolute atomic E-state index is 13.5. The lowest BCUT2D eigenvalue weighted by Crippen LogP contribution is -2.41. The highest BCUT2D eigenvalue weighted by Gasteiger charge is 2.12. The van der Waals surface area contributed by atoms with Gasteiger partial charge in [0, 0.05) is 27.2 Å². The fraction of sp³-hybridized carbons (Fsp3) is 0.471. The lowest BCUT2D eigenvalue weighted by Gasteiger charge is -2.21. The van der Waals surface area contributed by atoms with Gasteiger partial charge in [-0.05, 0) is 37.5 Å². The van der Waals surface area contributed by atoms with Crippen LogP contribution >= 0.6 is 24.0 Å². The van der Waals surface area contributed by atoms with Crippen LogP contribution in [0.4, 0.5) is 10.1 Å². The number of unbranched alkanes of at least 4 members (excludes halogenated alkanes) is 1. The molecule has 0 saturated carbocycles. The lowest BCUT2D eigenvalue weighted by atomic mass is 10.2. The fourth-order valence-corrected chi connectivity index (χ4v) is 3.11. The number of hydrogen-bond acceptors (Lipinski definition) is 3. The smallest absolute Gasteiger partial charge is 0.234 e. The van der Waals surface area contributed by atoms with Crippen LogP contribution in [-0.4, -0.2) is 52.2 Å². The molecule has 6 nitrogen and oxygen atoms in total. The van der Waals surface area contributed by atoms with Gasteiger partial charge in [-0.25, -0.2) is 12.8 Å². The topological polar surface area (TPSA) is 73.8 Å². The lowest BCUT2D eigenvalue weighted by molar-refractivity contribution is 0.471. The summed E-state index contributed by atoms with van der Waals surface area (Å²) >= 11 is 0. The molecule has 0 heterocycles. The Bertz CT molecular complexity index is 711. The van der Waals surface area contributed by atoms with Crippen LogP contribution in [0.5, 0.6) is 0 Å². The zero-order chi connectivity index (χ0) is 18.9. The van der Waals surface area contributed by atoms with Crippen molar-refractivity contribution >= 4 is 45.6 Å². The van der Waals surface area contributed by atoms with Crippen LogP contribution in [-0.2, 0) is 10.0 Å². The van der Waals surface area contributed by atoms with Crippen LogP contribution in [0.3, 0.4) is 0 Å². The fourth-order valence-electron chi connectivity index (χ4n) is 2.15. The molecule has 148 valence electrons. The Kier molecular flexibility index (Phi) is 11.5. The quantitative estimate of drug-likeness (QED) is 0.181. The zero-order valence-electron chi connectivity index (χ0n) is 15.5. The monoisotopic (exact) mass is 498 g/mol. The van der Waals surface area contributed by atoms with Crippen LogP contribution in [0.2, 0.25) is 0 Å². The molecule has 0 saturated heterocycles. The molecule has 0 amide bonds. The van der Waals surface area contributed by atoms with Crippen LogP contribution in [0.1, 0.15) is 18.4 Å². The summed E-state index contributed by atoms with van der Waals surface area (Å²) in [5.74, 6) is 0.0303. The van der Waals surface area contributed by atoms with Gasteiger partial charge >= 0.3 is 0 Å². The average Bonchev–Trinajstić information content (AvgIpc) is 2.55. The van der Waals surface area contributed by atoms with Crippen molar-refractivity contribution in [2.45, 2.75) is 19.8 Å². The van der Waals surface area contributed by atoms with Gasteiger partial charge in [0.1, 0.15) is 5.82 Å². The predicted molar refractivity (Wildman–Crippen MR) is 117 cm³/mol. The zero-order valence-corrected chi connectivity index (χ0v) is 18.6. The minimum atomic E-state index is -3.58. The van der Waals surface area contributed by atoms with Crippen molar-refractivity contribution in [1.82, 2.24) is 10.2 Å². The summed E-state index contributed by atoms with van der Waals surface area (Å²) in [6, 6.07) is 4.24. The molecule has 1 rings (SSSR count). The average molecular weight is 498 g/mol. The summed E-state index contributed by atoms with van der Waals surface area (Å²) in [5, 5.41) is 3.02. The number of allylic oxidation sites excluding steroid dienone is 1. The predicted octanol–water partition coefficient (Wildman–Crippen LogP) is 2.97. The third-order valence-electron chi connectivity index (χ3n) is 3.57. The number of sulfonamides is 1. The maximum atomic E-state index is 13.5. The maximum Gasteiger partial charge on any atom is 0.234 e. The first-order chi connectivity index (χ1) is 11.8. The number of nitrogens with zero attached hydrogens (tertiary/aromatic N) is 2. The molecule has 0 spiro atoms. The minimum absolute atomic E-state index is 0. The van der Waals surface area contributed by atoms with Crippen molar-refractivity contribution in [3.05, 3.63) is 42.2 Å². The Morgan fingerprint density at radius 2 is 2.12 bits per heavy atom. The van der Waals surface area contributed by atoms with E-state index in [1.165, 1.54) is 18.2 Å². The molecule has 0 aromatic heterocycles. The molecule has 2 N–H and O–H groups in total. The van der Waals surface area contributed by atoms with Crippen LogP contribution in [0.15, 0.2) is 35.8 Å². The summed E-state index contributed by atoms with van der Waals surface area (Å²) in [6.07, 6.45) is 3.71. The van der Waals surface area contributed by atoms with E-state index < -0.39 is 15.8 Å². The van der Waals surface area contributed by atoms with Gasteiger partial charge in [-0.3, -0.25) is 9.71 Å². The Hall–Kier alpha value is -1.36. The Labute approximate surface area is 173 Å². The standard InChI is InChI=1S/C17H27FN4O2S.HI/c1-5-6-7-11-22(4)17(19-3)20-10-12-25(23,24)21-15-9-8-14(2)16(18)13-15;/h5,8-9,13,21H,1,6-7,10-12H2,2-4H3,(H,19,20);1H. The van der Waals surface area contributed by atoms with E-state index in [9.17, 15) is 12.8 Å². The molecule has 1 aromatic carbocycles. The number of halogens is 2. The SMILES string of the molecule is C=CCCCN(C)C(=NC)NCCS(=O)(=O)Nc1ccc(C)c(F)c1.I. The first-order valence-corrected chi connectivity index (χ1v) is 9.73. The van der Waals surface area contributed by atoms with E-state index in [1.807, 2.05) is 18.0 Å². The van der Waals surface area contributed by atoms with Crippen molar-refractivity contribution in [3.8, 4) is 0 Å². The molecule has 0 fully saturated rings. The van der Waals surface area contributed by atoms with Crippen LogP contribution in [0, 0.1) is 12.7 Å². The van der Waals surface area contributed by atoms with Crippen LogP contribution < -0.4 is 10.0 Å². The molecule has 1 aromatic rings. The highest BCUT2D eigenvalue weighted by molar-refractivity contribution is 14.0. The first-order valence-electron chi connectivity index (χ1n) is 8.08. The van der Waals surface area contributed by atoms with E-state index >= 15 is 0 Å². The van der Waals surface area contributed by atoms with E-state index in [-0.39, 0.29) is 42.0 Å². The second kappa shape index (κ2) is 12.1. The van der Waals surface area contributed by atoms with Gasteiger partial charge in [0.05, 0.1) is 11.4 Å². The molecule has 0 radical (unpaired) electrons. The van der Waals surface area contributed by atoms with E-state index in [4.69, 9.17) is 0 Å². The largest absolute Gasteiger partial charge is 0.355 e. The molecular weight excluding hydrogens is 470 g/mol. The first kappa shape index (κ1) is 24.6. The number of anilines is 1. The Morgan fingerprint density at radius 3 is 2.69 bits per heavy atom. The normalized spacial score (nSPS) is 11.5. The molecule has 0 aliphatic heterocycles. The summed E-state index contributed by atoms with van der Waals surface area (Å²) in [7, 11) is -0.0446. The Morgan fingerprint density at radius 1 is 1.42 bits per heavy atom. The van der Waals surface area contributed by atoms with Crippen molar-refractivity contribution in [1.29, 1.82) is 0 Å². The van der Waals surface area contributed by atoms with Gasteiger partial charge in [0.15, 0.2) is 5.96 Å². The molecular formula is C17H28FIN4O2S. The number of guanidine groups is 1. The van der Waals surface area contributed by atoms with Crippen LogP contribution in [0.25, 0.3) is 0 Å². The van der Waals surface area contributed by atoms with Gasteiger partial charge < -0.3 is 10.2 Å². The molecule has 0 atom stereocenters. The van der Waals surface area contributed by atoms with Gasteiger partial charge in [0.25, 0.3) is 0 Å². The molecule has 0 bridgehead atoms. The minimum Gasteiger partial charge on any atom is -0.355 e. The van der Waals surface area contributed by atoms with Crippen molar-refractivity contribution in [3.63, 3.8) is 0 Å². The van der Waals surface area contributed by atoms with E-state index in [2.05, 4.69) is 21.6 Å². The van der Waals surface area contributed by atoms with Crippen molar-refractivity contribution < 1.29 is 12.8 Å². The molecule has 0 unspecified atom stereocenters. The second-order valence-electron chi connectivity index (χ2n) is 5.71. The third-order valence-corrected chi connectivity index (χ3v) is 4.86. The highest BCUT2D eigenvalue weighted by atomic mass is 127. The number of aryl methyl sites for hydroxylation is 1. The summed E-state index contributed by atoms with van der Waals surface area (Å²) in [4.78, 5) is 6.06. The summed E-state index contributed by atoms with van der Waals surface area (Å²) in [6.45, 7) is 6.29. The summed E-state index contributed by atoms with van der Waals surface area (Å²) < 4.78 is 40.1. The van der Waals surface area contributed by atoms with Crippen molar-refractivity contribution in [2.75, 3.05) is 37.7 Å².